The van der Waals surface area contributed by atoms with Crippen molar-refractivity contribution in [2.75, 3.05) is 0 Å². The zero-order chi connectivity index (χ0) is 22.6. The third-order valence-electron chi connectivity index (χ3n) is 5.94. The molecule has 0 nitrogen and oxygen atoms in total. The van der Waals surface area contributed by atoms with Crippen molar-refractivity contribution >= 4 is 0 Å². The lowest BCUT2D eigenvalue weighted by atomic mass is 9.65. The predicted molar refractivity (Wildman–Crippen MR) is 133 cm³/mol. The maximum Gasteiger partial charge on any atom is 0.0701 e. The zero-order valence-corrected chi connectivity index (χ0v) is 18.0. The predicted octanol–water partition coefficient (Wildman–Crippen LogP) is 6.32. The summed E-state index contributed by atoms with van der Waals surface area (Å²) >= 11 is 0. The highest BCUT2D eigenvalue weighted by molar-refractivity contribution is 5.61. The maximum atomic E-state index is 5.64. The lowest BCUT2D eigenvalue weighted by Crippen LogP contribution is -2.31. The molecule has 4 aromatic rings. The van der Waals surface area contributed by atoms with Crippen LogP contribution in [0, 0.1) is 44.0 Å². The van der Waals surface area contributed by atoms with Gasteiger partial charge in [0.2, 0.25) is 0 Å². The highest BCUT2D eigenvalue weighted by atomic mass is 14.4. The van der Waals surface area contributed by atoms with Crippen molar-refractivity contribution in [2.24, 2.45) is 0 Å². The summed E-state index contributed by atoms with van der Waals surface area (Å²) in [4.78, 5) is 0. The molecule has 0 aromatic heterocycles. The molecule has 0 N–H and O–H groups in total. The summed E-state index contributed by atoms with van der Waals surface area (Å²) in [5, 5.41) is 0. The number of benzene rings is 4. The molecule has 32 heavy (non-hydrogen) atoms. The van der Waals surface area contributed by atoms with Crippen molar-refractivity contribution in [2.45, 2.75) is 12.3 Å². The van der Waals surface area contributed by atoms with Crippen LogP contribution in [0.2, 0.25) is 0 Å². The molecule has 0 unspecified atom stereocenters. The summed E-state index contributed by atoms with van der Waals surface area (Å²) in [6.07, 6.45) is 16.9. The number of aryl methyl sites for hydroxylation is 1. The first-order valence-corrected chi connectivity index (χ1v) is 10.4. The third-order valence-corrected chi connectivity index (χ3v) is 5.94. The minimum absolute atomic E-state index is 0.568. The first-order chi connectivity index (χ1) is 15.6. The van der Waals surface area contributed by atoms with Crippen molar-refractivity contribution in [3.8, 4) is 37.0 Å². The van der Waals surface area contributed by atoms with E-state index in [-0.39, 0.29) is 0 Å². The molecular formula is C32H22. The van der Waals surface area contributed by atoms with E-state index in [4.69, 9.17) is 19.3 Å². The average Bonchev–Trinajstić information content (AvgIpc) is 2.86. The molecule has 150 valence electrons. The largest absolute Gasteiger partial charge is 0.115 e. The maximum absolute atomic E-state index is 5.64. The highest BCUT2D eigenvalue weighted by Gasteiger charge is 2.38. The second kappa shape index (κ2) is 8.74. The van der Waals surface area contributed by atoms with Crippen molar-refractivity contribution in [3.63, 3.8) is 0 Å². The molecule has 0 heteroatoms. The molecule has 0 saturated carbocycles. The Hall–Kier alpha value is -4.44. The quantitative estimate of drug-likeness (QED) is 0.275. The summed E-state index contributed by atoms with van der Waals surface area (Å²) in [6, 6.07) is 33.3. The third kappa shape index (κ3) is 3.59. The van der Waals surface area contributed by atoms with E-state index in [1.165, 1.54) is 5.56 Å². The average molecular weight is 407 g/mol. The van der Waals surface area contributed by atoms with Crippen LogP contribution in [0.1, 0.15) is 44.5 Å². The Morgan fingerprint density at radius 1 is 0.438 bits per heavy atom. The van der Waals surface area contributed by atoms with Gasteiger partial charge in [-0.15, -0.1) is 19.3 Å². The van der Waals surface area contributed by atoms with Gasteiger partial charge in [-0.3, -0.25) is 0 Å². The van der Waals surface area contributed by atoms with Gasteiger partial charge >= 0.3 is 0 Å². The van der Waals surface area contributed by atoms with E-state index in [2.05, 4.69) is 85.3 Å². The fourth-order valence-electron chi connectivity index (χ4n) is 4.25. The molecule has 0 aliphatic heterocycles. The first kappa shape index (κ1) is 20.8. The van der Waals surface area contributed by atoms with Crippen molar-refractivity contribution in [1.82, 2.24) is 0 Å². The SMILES string of the molecule is C#Cc1ccc(C(c2ccc(C)cc2)(c2ccc(C#C)cc2)c2ccc(C#C)cc2)cc1. The second-order valence-corrected chi connectivity index (χ2v) is 7.78. The summed E-state index contributed by atoms with van der Waals surface area (Å²) < 4.78 is 0. The van der Waals surface area contributed by atoms with Gasteiger partial charge in [0.25, 0.3) is 0 Å². The molecule has 0 spiro atoms. The molecule has 0 aliphatic rings. The normalized spacial score (nSPS) is 10.6. The number of terminal acetylenes is 3. The van der Waals surface area contributed by atoms with Crippen LogP contribution in [0.5, 0.6) is 0 Å². The van der Waals surface area contributed by atoms with Crippen LogP contribution >= 0.6 is 0 Å². The number of hydrogen-bond donors (Lipinski definition) is 0. The molecule has 0 fully saturated rings. The monoisotopic (exact) mass is 406 g/mol. The lowest BCUT2D eigenvalue weighted by molar-refractivity contribution is 0.744. The Balaban J connectivity index is 2.11. The smallest absolute Gasteiger partial charge is 0.0701 e. The van der Waals surface area contributed by atoms with Crippen molar-refractivity contribution < 1.29 is 0 Å². The highest BCUT2D eigenvalue weighted by Crippen LogP contribution is 2.45. The van der Waals surface area contributed by atoms with Gasteiger partial charge in [-0.25, -0.2) is 0 Å². The fourth-order valence-corrected chi connectivity index (χ4v) is 4.25. The molecule has 0 saturated heterocycles. The van der Waals surface area contributed by atoms with Gasteiger partial charge in [0, 0.05) is 16.7 Å². The zero-order valence-electron chi connectivity index (χ0n) is 18.0. The van der Waals surface area contributed by atoms with Crippen LogP contribution in [0.25, 0.3) is 0 Å². The van der Waals surface area contributed by atoms with Crippen LogP contribution in [0.3, 0.4) is 0 Å². The van der Waals surface area contributed by atoms with Gasteiger partial charge in [0.05, 0.1) is 5.41 Å². The van der Waals surface area contributed by atoms with Gasteiger partial charge in [-0.1, -0.05) is 84.0 Å². The molecule has 4 aromatic carbocycles. The van der Waals surface area contributed by atoms with E-state index in [9.17, 15) is 0 Å². The van der Waals surface area contributed by atoms with E-state index < -0.39 is 5.41 Å². The van der Waals surface area contributed by atoms with Crippen LogP contribution in [-0.2, 0) is 5.41 Å². The van der Waals surface area contributed by atoms with E-state index in [0.717, 1.165) is 38.9 Å². The molecule has 0 aliphatic carbocycles. The summed E-state index contributed by atoms with van der Waals surface area (Å²) in [5.41, 5.74) is 7.66. The van der Waals surface area contributed by atoms with E-state index >= 15 is 0 Å². The van der Waals surface area contributed by atoms with Gasteiger partial charge in [0.1, 0.15) is 0 Å². The van der Waals surface area contributed by atoms with E-state index in [1.54, 1.807) is 0 Å². The second-order valence-electron chi connectivity index (χ2n) is 7.78. The minimum Gasteiger partial charge on any atom is -0.115 e. The molecule has 0 atom stereocenters. The molecule has 4 rings (SSSR count). The topological polar surface area (TPSA) is 0 Å². The Kier molecular flexibility index (Phi) is 5.69. The van der Waals surface area contributed by atoms with Gasteiger partial charge in [0.15, 0.2) is 0 Å². The summed E-state index contributed by atoms with van der Waals surface area (Å²) in [7, 11) is 0. The number of hydrogen-bond acceptors (Lipinski definition) is 0. The Labute approximate surface area is 191 Å². The lowest BCUT2D eigenvalue weighted by Gasteiger charge is -2.37. The molecule has 0 amide bonds. The fraction of sp³-hybridized carbons (Fsp3) is 0.0625. The Bertz CT molecular complexity index is 1200. The molecule has 0 heterocycles. The van der Waals surface area contributed by atoms with E-state index in [1.807, 2.05) is 36.4 Å². The van der Waals surface area contributed by atoms with Crippen LogP contribution in [0.15, 0.2) is 97.1 Å². The number of rotatable bonds is 4. The van der Waals surface area contributed by atoms with Gasteiger partial charge in [-0.05, 0) is 65.6 Å². The Morgan fingerprint density at radius 2 is 0.688 bits per heavy atom. The van der Waals surface area contributed by atoms with Crippen molar-refractivity contribution in [1.29, 1.82) is 0 Å². The van der Waals surface area contributed by atoms with Crippen LogP contribution in [-0.4, -0.2) is 0 Å². The first-order valence-electron chi connectivity index (χ1n) is 10.4. The summed E-state index contributed by atoms with van der Waals surface area (Å²) in [6.45, 7) is 2.09. The van der Waals surface area contributed by atoms with Gasteiger partial charge in [-0.2, -0.15) is 0 Å². The van der Waals surface area contributed by atoms with Crippen molar-refractivity contribution in [3.05, 3.63) is 142 Å². The Morgan fingerprint density at radius 3 is 0.938 bits per heavy atom. The molecular weight excluding hydrogens is 384 g/mol. The standard InChI is InChI=1S/C32H22/c1-5-25-10-18-29(19-11-25)32(28-16-8-24(4)9-17-28,30-20-12-26(6-2)13-21-30)31-22-14-27(7-3)15-23-31/h1-3,8-23H,4H3. The van der Waals surface area contributed by atoms with E-state index in [0.29, 0.717) is 0 Å². The summed E-state index contributed by atoms with van der Waals surface area (Å²) in [5.74, 6) is 8.15. The van der Waals surface area contributed by atoms with Crippen LogP contribution < -0.4 is 0 Å². The molecule has 0 radical (unpaired) electrons. The van der Waals surface area contributed by atoms with Crippen LogP contribution in [0.4, 0.5) is 0 Å². The van der Waals surface area contributed by atoms with Gasteiger partial charge < -0.3 is 0 Å². The minimum atomic E-state index is -0.568. The molecule has 0 bridgehead atoms.